The summed E-state index contributed by atoms with van der Waals surface area (Å²) in [4.78, 5) is 26.4. The van der Waals surface area contributed by atoms with Gasteiger partial charge in [0.05, 0.1) is 13.5 Å². The van der Waals surface area contributed by atoms with Gasteiger partial charge in [-0.25, -0.2) is 0 Å². The van der Waals surface area contributed by atoms with E-state index in [1.54, 1.807) is 24.1 Å². The Balaban J connectivity index is 2.57. The molecule has 0 amide bonds. The second-order valence-electron chi connectivity index (χ2n) is 3.15. The fraction of sp³-hybridized carbons (Fsp3) is 0.400. The molecule has 1 aromatic heterocycles. The summed E-state index contributed by atoms with van der Waals surface area (Å²) in [6.07, 6.45) is 0.296. The molecule has 1 heterocycles. The first-order valence-corrected chi connectivity index (χ1v) is 4.61. The average Bonchev–Trinajstić information content (AvgIpc) is 2.25. The summed E-state index contributed by atoms with van der Waals surface area (Å²) in [5.41, 5.74) is -0.155. The maximum Gasteiger partial charge on any atom is 0.307 e. The van der Waals surface area contributed by atoms with Gasteiger partial charge in [-0.15, -0.1) is 0 Å². The molecule has 5 heteroatoms. The van der Waals surface area contributed by atoms with Crippen LogP contribution in [0.3, 0.4) is 0 Å². The third-order valence-corrected chi connectivity index (χ3v) is 2.04. The first-order chi connectivity index (χ1) is 7.13. The van der Waals surface area contributed by atoms with E-state index in [9.17, 15) is 9.59 Å². The number of carbonyl (C=O) groups is 1. The third kappa shape index (κ3) is 3.46. The van der Waals surface area contributed by atoms with Crippen molar-refractivity contribution in [3.05, 3.63) is 28.6 Å². The van der Waals surface area contributed by atoms with Crippen molar-refractivity contribution in [3.8, 4) is 0 Å². The molecule has 1 aromatic rings. The molecule has 15 heavy (non-hydrogen) atoms. The highest BCUT2D eigenvalue weighted by molar-refractivity contribution is 5.69. The first kappa shape index (κ1) is 11.3. The van der Waals surface area contributed by atoms with Crippen LogP contribution in [0.1, 0.15) is 6.42 Å². The topological polar surface area (TPSA) is 62.4 Å². The highest BCUT2D eigenvalue weighted by Crippen LogP contribution is 2.05. The van der Waals surface area contributed by atoms with E-state index in [0.717, 1.165) is 0 Å². The van der Waals surface area contributed by atoms with Gasteiger partial charge >= 0.3 is 5.97 Å². The van der Waals surface area contributed by atoms with Crippen LogP contribution in [0.5, 0.6) is 0 Å². The van der Waals surface area contributed by atoms with Gasteiger partial charge in [-0.3, -0.25) is 9.59 Å². The van der Waals surface area contributed by atoms with Crippen LogP contribution in [0.15, 0.2) is 23.0 Å². The van der Waals surface area contributed by atoms with Crippen molar-refractivity contribution in [1.82, 2.24) is 4.98 Å². The van der Waals surface area contributed by atoms with Crippen molar-refractivity contribution in [1.29, 1.82) is 0 Å². The number of hydrogen-bond donors (Lipinski definition) is 1. The minimum absolute atomic E-state index is 0.155. The Bertz CT molecular complexity index is 386. The summed E-state index contributed by atoms with van der Waals surface area (Å²) in [5.74, 6) is 0.423. The second kappa shape index (κ2) is 5.19. The van der Waals surface area contributed by atoms with Crippen LogP contribution in [-0.4, -0.2) is 31.7 Å². The molecule has 0 bridgehead atoms. The summed E-state index contributed by atoms with van der Waals surface area (Å²) < 4.78 is 4.52. The van der Waals surface area contributed by atoms with E-state index >= 15 is 0 Å². The number of nitrogens with zero attached hydrogens (tertiary/aromatic N) is 1. The molecule has 0 atom stereocenters. The molecule has 0 aromatic carbocycles. The van der Waals surface area contributed by atoms with E-state index in [4.69, 9.17) is 0 Å². The average molecular weight is 210 g/mol. The van der Waals surface area contributed by atoms with Crippen LogP contribution in [0.25, 0.3) is 0 Å². The number of methoxy groups -OCH3 is 1. The Kier molecular flexibility index (Phi) is 3.91. The van der Waals surface area contributed by atoms with Crippen molar-refractivity contribution >= 4 is 11.8 Å². The van der Waals surface area contributed by atoms with Gasteiger partial charge < -0.3 is 14.6 Å². The van der Waals surface area contributed by atoms with Gasteiger partial charge in [-0.05, 0) is 6.07 Å². The Hall–Kier alpha value is -1.78. The second-order valence-corrected chi connectivity index (χ2v) is 3.15. The Labute approximate surface area is 87.7 Å². The standard InChI is InChI=1S/C10H14N2O3/c1-12(7-6-10(14)15-2)8-4-3-5-9(13)11-8/h3-5H,6-7H2,1-2H3,(H,11,13). The van der Waals surface area contributed by atoms with Crippen molar-refractivity contribution in [2.45, 2.75) is 6.42 Å². The normalized spacial score (nSPS) is 9.73. The maximum atomic E-state index is 11.0. The number of pyridine rings is 1. The largest absolute Gasteiger partial charge is 0.469 e. The van der Waals surface area contributed by atoms with Gasteiger partial charge in [0.25, 0.3) is 0 Å². The quantitative estimate of drug-likeness (QED) is 0.729. The zero-order chi connectivity index (χ0) is 11.3. The lowest BCUT2D eigenvalue weighted by atomic mass is 10.3. The van der Waals surface area contributed by atoms with E-state index in [0.29, 0.717) is 18.8 Å². The number of ether oxygens (including phenoxy) is 1. The molecule has 0 aliphatic carbocycles. The number of anilines is 1. The summed E-state index contributed by atoms with van der Waals surface area (Å²) in [6, 6.07) is 4.89. The molecule has 5 nitrogen and oxygen atoms in total. The number of nitrogens with one attached hydrogen (secondary N) is 1. The smallest absolute Gasteiger partial charge is 0.307 e. The monoisotopic (exact) mass is 210 g/mol. The molecule has 82 valence electrons. The molecule has 0 saturated heterocycles. The summed E-state index contributed by atoms with van der Waals surface area (Å²) in [6.45, 7) is 0.507. The van der Waals surface area contributed by atoms with E-state index in [2.05, 4.69) is 9.72 Å². The molecule has 0 saturated carbocycles. The summed E-state index contributed by atoms with van der Waals surface area (Å²) >= 11 is 0. The van der Waals surface area contributed by atoms with Crippen LogP contribution in [0.2, 0.25) is 0 Å². The number of H-pyrrole nitrogens is 1. The van der Waals surface area contributed by atoms with E-state index in [1.807, 2.05) is 0 Å². The number of aromatic amines is 1. The van der Waals surface area contributed by atoms with E-state index < -0.39 is 0 Å². The van der Waals surface area contributed by atoms with E-state index in [1.165, 1.54) is 13.2 Å². The highest BCUT2D eigenvalue weighted by atomic mass is 16.5. The highest BCUT2D eigenvalue weighted by Gasteiger charge is 2.05. The molecule has 1 rings (SSSR count). The van der Waals surface area contributed by atoms with E-state index in [-0.39, 0.29) is 11.5 Å². The van der Waals surface area contributed by atoms with Crippen LogP contribution in [0.4, 0.5) is 5.82 Å². The molecule has 0 unspecified atom stereocenters. The van der Waals surface area contributed by atoms with Gasteiger partial charge in [0.2, 0.25) is 5.56 Å². The fourth-order valence-electron chi connectivity index (χ4n) is 1.14. The summed E-state index contributed by atoms with van der Waals surface area (Å²) in [7, 11) is 3.15. The van der Waals surface area contributed by atoms with Gasteiger partial charge in [-0.2, -0.15) is 0 Å². The minimum atomic E-state index is -0.264. The van der Waals surface area contributed by atoms with Crippen molar-refractivity contribution in [2.24, 2.45) is 0 Å². The minimum Gasteiger partial charge on any atom is -0.469 e. The molecule has 0 spiro atoms. The lowest BCUT2D eigenvalue weighted by molar-refractivity contribution is -0.140. The molecular weight excluding hydrogens is 196 g/mol. The van der Waals surface area contributed by atoms with Crippen LogP contribution >= 0.6 is 0 Å². The fourth-order valence-corrected chi connectivity index (χ4v) is 1.14. The molecule has 0 aliphatic rings. The zero-order valence-corrected chi connectivity index (χ0v) is 8.82. The van der Waals surface area contributed by atoms with Crippen LogP contribution in [-0.2, 0) is 9.53 Å². The van der Waals surface area contributed by atoms with Crippen LogP contribution in [0, 0.1) is 0 Å². The summed E-state index contributed by atoms with van der Waals surface area (Å²) in [5, 5.41) is 0. The predicted octanol–water partition coefficient (Wildman–Crippen LogP) is 0.374. The van der Waals surface area contributed by atoms with Crippen molar-refractivity contribution in [2.75, 3.05) is 25.6 Å². The third-order valence-electron chi connectivity index (χ3n) is 2.04. The molecular formula is C10H14N2O3. The molecule has 0 aliphatic heterocycles. The number of carbonyl (C=O) groups excluding carboxylic acids is 1. The van der Waals surface area contributed by atoms with Crippen molar-refractivity contribution in [3.63, 3.8) is 0 Å². The van der Waals surface area contributed by atoms with Gasteiger partial charge in [-0.1, -0.05) is 6.07 Å². The number of hydrogen-bond acceptors (Lipinski definition) is 4. The molecule has 1 N–H and O–H groups in total. The number of esters is 1. The van der Waals surface area contributed by atoms with Crippen LogP contribution < -0.4 is 10.5 Å². The zero-order valence-electron chi connectivity index (χ0n) is 8.82. The molecule has 0 fully saturated rings. The Morgan fingerprint density at radius 3 is 2.87 bits per heavy atom. The number of rotatable bonds is 4. The maximum absolute atomic E-state index is 11.0. The predicted molar refractivity (Wildman–Crippen MR) is 57.0 cm³/mol. The lowest BCUT2D eigenvalue weighted by Gasteiger charge is -2.17. The van der Waals surface area contributed by atoms with Gasteiger partial charge in [0.15, 0.2) is 0 Å². The van der Waals surface area contributed by atoms with Gasteiger partial charge in [0, 0.05) is 19.7 Å². The van der Waals surface area contributed by atoms with Crippen molar-refractivity contribution < 1.29 is 9.53 Å². The SMILES string of the molecule is COC(=O)CCN(C)c1cccc(=O)[nH]1. The Morgan fingerprint density at radius 1 is 1.53 bits per heavy atom. The Morgan fingerprint density at radius 2 is 2.27 bits per heavy atom. The first-order valence-electron chi connectivity index (χ1n) is 4.61. The lowest BCUT2D eigenvalue weighted by Crippen LogP contribution is -2.24. The van der Waals surface area contributed by atoms with Gasteiger partial charge in [0.1, 0.15) is 5.82 Å². The molecule has 0 radical (unpaired) electrons. The number of aromatic nitrogens is 1.